The first-order valence-electron chi connectivity index (χ1n) is 12.3. The van der Waals surface area contributed by atoms with E-state index in [0.29, 0.717) is 36.6 Å². The minimum Gasteiger partial charge on any atom is -0.493 e. The maximum absolute atomic E-state index is 13.5. The van der Waals surface area contributed by atoms with Gasteiger partial charge in [-0.3, -0.25) is 4.79 Å². The van der Waals surface area contributed by atoms with Gasteiger partial charge in [-0.05, 0) is 60.9 Å². The fourth-order valence-corrected chi connectivity index (χ4v) is 4.79. The molecule has 0 spiro atoms. The average Bonchev–Trinajstić information content (AvgIpc) is 3.57. The number of rotatable bonds is 9. The maximum atomic E-state index is 13.5. The number of hydrogen-bond donors (Lipinski definition) is 0. The van der Waals surface area contributed by atoms with Crippen LogP contribution < -0.4 is 18.9 Å². The lowest BCUT2D eigenvalue weighted by molar-refractivity contribution is -0.130. The Morgan fingerprint density at radius 1 is 1.05 bits per heavy atom. The number of methoxy groups -OCH3 is 2. The van der Waals surface area contributed by atoms with Gasteiger partial charge in [-0.25, -0.2) is 4.98 Å². The average molecular weight is 502 g/mol. The number of aryl methyl sites for hydroxylation is 1. The number of carbonyl (C=O) groups excluding carboxylic acids is 1. The molecule has 0 radical (unpaired) electrons. The smallest absolute Gasteiger partial charge is 0.231 e. The highest BCUT2D eigenvalue weighted by Crippen LogP contribution is 2.38. The maximum Gasteiger partial charge on any atom is 0.231 e. The molecule has 0 saturated heterocycles. The number of fused-ring (bicyclic) bond motifs is 2. The fraction of sp³-hybridized carbons (Fsp3) is 0.310. The molecular formula is C29H31N3O5. The summed E-state index contributed by atoms with van der Waals surface area (Å²) in [6, 6.07) is 17.7. The Morgan fingerprint density at radius 3 is 2.68 bits per heavy atom. The van der Waals surface area contributed by atoms with Gasteiger partial charge < -0.3 is 28.2 Å². The Hall–Kier alpha value is -4.20. The first kappa shape index (κ1) is 24.5. The molecule has 0 bridgehead atoms. The molecule has 0 fully saturated rings. The number of imidazole rings is 1. The van der Waals surface area contributed by atoms with E-state index in [1.807, 2.05) is 74.8 Å². The van der Waals surface area contributed by atoms with Gasteiger partial charge in [-0.1, -0.05) is 18.2 Å². The molecule has 1 aliphatic heterocycles. The summed E-state index contributed by atoms with van der Waals surface area (Å²) in [5.74, 6) is 2.62. The predicted octanol–water partition coefficient (Wildman–Crippen LogP) is 4.61. The van der Waals surface area contributed by atoms with Crippen molar-refractivity contribution in [2.75, 3.05) is 34.6 Å². The minimum absolute atomic E-state index is 0.0478. The van der Waals surface area contributed by atoms with Crippen LogP contribution in [0.2, 0.25) is 0 Å². The van der Waals surface area contributed by atoms with Crippen molar-refractivity contribution in [2.45, 2.75) is 25.7 Å². The largest absolute Gasteiger partial charge is 0.493 e. The minimum atomic E-state index is -0.207. The second kappa shape index (κ2) is 10.4. The topological polar surface area (TPSA) is 74.5 Å². The number of benzene rings is 2. The first-order chi connectivity index (χ1) is 18.0. The van der Waals surface area contributed by atoms with Crippen LogP contribution in [0, 0.1) is 6.92 Å². The van der Waals surface area contributed by atoms with Crippen LogP contribution in [0.1, 0.15) is 34.9 Å². The van der Waals surface area contributed by atoms with E-state index in [1.54, 1.807) is 19.1 Å². The van der Waals surface area contributed by atoms with E-state index in [2.05, 4.69) is 9.38 Å². The number of hydrogen-bond acceptors (Lipinski definition) is 6. The molecule has 37 heavy (non-hydrogen) atoms. The van der Waals surface area contributed by atoms with Crippen molar-refractivity contribution in [2.24, 2.45) is 0 Å². The van der Waals surface area contributed by atoms with E-state index < -0.39 is 0 Å². The van der Waals surface area contributed by atoms with Crippen molar-refractivity contribution in [3.05, 3.63) is 83.3 Å². The summed E-state index contributed by atoms with van der Waals surface area (Å²) in [5, 5.41) is 0. The van der Waals surface area contributed by atoms with Crippen LogP contribution in [0.4, 0.5) is 0 Å². The van der Waals surface area contributed by atoms with Gasteiger partial charge in [0.1, 0.15) is 5.65 Å². The molecule has 8 nitrogen and oxygen atoms in total. The molecule has 1 unspecified atom stereocenters. The van der Waals surface area contributed by atoms with E-state index >= 15 is 0 Å². The molecule has 0 N–H and O–H groups in total. The van der Waals surface area contributed by atoms with Crippen molar-refractivity contribution < 1.29 is 23.7 Å². The zero-order valence-corrected chi connectivity index (χ0v) is 21.6. The number of carbonyl (C=O) groups is 1. The van der Waals surface area contributed by atoms with Gasteiger partial charge in [0.05, 0.1) is 19.9 Å². The Kier molecular flexibility index (Phi) is 6.90. The van der Waals surface area contributed by atoms with Crippen molar-refractivity contribution in [3.8, 4) is 23.0 Å². The Balaban J connectivity index is 1.39. The van der Waals surface area contributed by atoms with Crippen LogP contribution in [-0.4, -0.2) is 54.8 Å². The summed E-state index contributed by atoms with van der Waals surface area (Å²) in [6.07, 6.45) is 2.87. The quantitative estimate of drug-likeness (QED) is 0.333. The lowest BCUT2D eigenvalue weighted by Gasteiger charge is -2.23. The molecule has 1 amide bonds. The van der Waals surface area contributed by atoms with Gasteiger partial charge in [0.25, 0.3) is 0 Å². The number of aromatic nitrogens is 2. The van der Waals surface area contributed by atoms with Crippen LogP contribution in [0.25, 0.3) is 5.65 Å². The summed E-state index contributed by atoms with van der Waals surface area (Å²) in [5.41, 5.74) is 4.94. The summed E-state index contributed by atoms with van der Waals surface area (Å²) >= 11 is 0. The highest BCUT2D eigenvalue weighted by Gasteiger charge is 2.26. The van der Waals surface area contributed by atoms with Crippen molar-refractivity contribution in [3.63, 3.8) is 0 Å². The summed E-state index contributed by atoms with van der Waals surface area (Å²) in [4.78, 5) is 19.9. The molecule has 1 atom stereocenters. The van der Waals surface area contributed by atoms with Gasteiger partial charge in [-0.2, -0.15) is 0 Å². The Labute approximate surface area is 216 Å². The predicted molar refractivity (Wildman–Crippen MR) is 140 cm³/mol. The molecule has 0 saturated carbocycles. The lowest BCUT2D eigenvalue weighted by atomic mass is 9.91. The lowest BCUT2D eigenvalue weighted by Crippen LogP contribution is -2.30. The Bertz CT molecular complexity index is 1430. The van der Waals surface area contributed by atoms with Crippen LogP contribution in [-0.2, 0) is 11.2 Å². The van der Waals surface area contributed by atoms with E-state index in [1.165, 1.54) is 0 Å². The number of amides is 1. The normalized spacial score (nSPS) is 13.0. The highest BCUT2D eigenvalue weighted by molar-refractivity contribution is 5.77. The SMILES string of the molecule is COc1ccc(CCN(C)C(=O)CC(c2ccc3c(c2)OCO3)c2cnc3cccc(C)n23)cc1OC. The zero-order valence-electron chi connectivity index (χ0n) is 21.6. The molecule has 4 aromatic rings. The van der Waals surface area contributed by atoms with Crippen molar-refractivity contribution >= 4 is 11.6 Å². The molecule has 192 valence electrons. The molecule has 1 aliphatic rings. The second-order valence-electron chi connectivity index (χ2n) is 9.17. The molecule has 2 aromatic carbocycles. The molecule has 0 aliphatic carbocycles. The third kappa shape index (κ3) is 4.91. The summed E-state index contributed by atoms with van der Waals surface area (Å²) in [7, 11) is 5.08. The van der Waals surface area contributed by atoms with Gasteiger partial charge >= 0.3 is 0 Å². The van der Waals surface area contributed by atoms with Crippen molar-refractivity contribution in [1.82, 2.24) is 14.3 Å². The standard InChI is InChI=1S/C29H31N3O5/c1-19-6-5-7-28-30-17-23(32(19)28)22(21-9-11-25-27(15-21)37-18-36-25)16-29(33)31(2)13-12-20-8-10-24(34-3)26(14-20)35-4/h5-11,14-15,17,22H,12-13,16,18H2,1-4H3. The van der Waals surface area contributed by atoms with Crippen LogP contribution >= 0.6 is 0 Å². The molecule has 5 rings (SSSR count). The molecule has 3 heterocycles. The number of pyridine rings is 1. The van der Waals surface area contributed by atoms with E-state index in [9.17, 15) is 4.79 Å². The molecule has 2 aromatic heterocycles. The van der Waals surface area contributed by atoms with Crippen LogP contribution in [0.5, 0.6) is 23.0 Å². The Morgan fingerprint density at radius 2 is 1.86 bits per heavy atom. The molecular weight excluding hydrogens is 470 g/mol. The summed E-state index contributed by atoms with van der Waals surface area (Å²) in [6.45, 7) is 2.83. The third-order valence-corrected chi connectivity index (χ3v) is 6.90. The van der Waals surface area contributed by atoms with Gasteiger partial charge in [-0.15, -0.1) is 0 Å². The molecule has 8 heteroatoms. The summed E-state index contributed by atoms with van der Waals surface area (Å²) < 4.78 is 24.0. The van der Waals surface area contributed by atoms with Crippen LogP contribution in [0.15, 0.2) is 60.8 Å². The van der Waals surface area contributed by atoms with E-state index in [4.69, 9.17) is 18.9 Å². The monoisotopic (exact) mass is 501 g/mol. The van der Waals surface area contributed by atoms with E-state index in [0.717, 1.165) is 33.9 Å². The number of likely N-dealkylation sites (N-methyl/N-ethyl adjacent to an activating group) is 1. The highest BCUT2D eigenvalue weighted by atomic mass is 16.7. The number of ether oxygens (including phenoxy) is 4. The third-order valence-electron chi connectivity index (χ3n) is 6.90. The van der Waals surface area contributed by atoms with Crippen LogP contribution in [0.3, 0.4) is 0 Å². The van der Waals surface area contributed by atoms with Gasteiger partial charge in [0.2, 0.25) is 12.7 Å². The van der Waals surface area contributed by atoms with E-state index in [-0.39, 0.29) is 18.6 Å². The van der Waals surface area contributed by atoms with Gasteiger partial charge in [0, 0.05) is 37.8 Å². The fourth-order valence-electron chi connectivity index (χ4n) is 4.79. The second-order valence-corrected chi connectivity index (χ2v) is 9.17. The zero-order chi connectivity index (χ0) is 25.9. The van der Waals surface area contributed by atoms with Gasteiger partial charge in [0.15, 0.2) is 23.0 Å². The number of nitrogens with zero attached hydrogens (tertiary/aromatic N) is 3. The first-order valence-corrected chi connectivity index (χ1v) is 12.3. The van der Waals surface area contributed by atoms with Crippen molar-refractivity contribution in [1.29, 1.82) is 0 Å².